The molecule has 0 saturated heterocycles. The first-order valence-corrected chi connectivity index (χ1v) is 13.9. The maximum atomic E-state index is 13.3. The summed E-state index contributed by atoms with van der Waals surface area (Å²) in [4.78, 5) is 36.4. The van der Waals surface area contributed by atoms with E-state index >= 15 is 0 Å². The lowest BCUT2D eigenvalue weighted by atomic mass is 10.0. The van der Waals surface area contributed by atoms with Crippen molar-refractivity contribution in [2.75, 3.05) is 13.2 Å². The van der Waals surface area contributed by atoms with Gasteiger partial charge in [0.2, 0.25) is 0 Å². The predicted molar refractivity (Wildman–Crippen MR) is 150 cm³/mol. The number of aliphatic carboxylic acids is 1. The molecule has 210 valence electrons. The highest BCUT2D eigenvalue weighted by Gasteiger charge is 2.26. The summed E-state index contributed by atoms with van der Waals surface area (Å²) in [5.41, 5.74) is 0.925. The Balaban J connectivity index is 1.65. The first kappa shape index (κ1) is 29.7. The fourth-order valence-corrected chi connectivity index (χ4v) is 4.82. The van der Waals surface area contributed by atoms with Gasteiger partial charge in [0.15, 0.2) is 12.4 Å². The van der Waals surface area contributed by atoms with Gasteiger partial charge in [-0.3, -0.25) is 4.79 Å². The van der Waals surface area contributed by atoms with Crippen molar-refractivity contribution in [2.45, 2.75) is 77.7 Å². The third-order valence-electron chi connectivity index (χ3n) is 6.71. The third kappa shape index (κ3) is 8.87. The number of aromatic nitrogens is 1. The number of aromatic carboxylic acids is 1. The summed E-state index contributed by atoms with van der Waals surface area (Å²) in [6.07, 6.45) is 10.6. The van der Waals surface area contributed by atoms with E-state index in [1.165, 1.54) is 38.5 Å². The summed E-state index contributed by atoms with van der Waals surface area (Å²) in [6.45, 7) is 2.11. The zero-order valence-electron chi connectivity index (χ0n) is 22.7. The Kier molecular flexibility index (Phi) is 11.9. The third-order valence-corrected chi connectivity index (χ3v) is 6.71. The van der Waals surface area contributed by atoms with Gasteiger partial charge in [0.1, 0.15) is 23.8 Å². The second-order valence-electron chi connectivity index (χ2n) is 9.70. The van der Waals surface area contributed by atoms with Crippen LogP contribution in [0.4, 0.5) is 0 Å². The second kappa shape index (κ2) is 15.6. The Labute approximate surface area is 229 Å². The maximum absolute atomic E-state index is 13.3. The minimum Gasteiger partial charge on any atom is -0.492 e. The van der Waals surface area contributed by atoms with Crippen LogP contribution in [0.15, 0.2) is 48.5 Å². The molecule has 0 aliphatic carbocycles. The van der Waals surface area contributed by atoms with E-state index < -0.39 is 18.5 Å². The fourth-order valence-electron chi connectivity index (χ4n) is 4.82. The molecule has 0 radical (unpaired) electrons. The van der Waals surface area contributed by atoms with Gasteiger partial charge in [0.25, 0.3) is 0 Å². The molecule has 1 heterocycles. The predicted octanol–water partition coefficient (Wildman–Crippen LogP) is 6.99. The van der Waals surface area contributed by atoms with Crippen LogP contribution in [-0.2, 0) is 11.3 Å². The molecule has 0 saturated carbocycles. The van der Waals surface area contributed by atoms with Crippen molar-refractivity contribution in [3.05, 3.63) is 59.8 Å². The van der Waals surface area contributed by atoms with Gasteiger partial charge < -0.3 is 24.3 Å². The molecular formula is C31H39NO7. The van der Waals surface area contributed by atoms with Gasteiger partial charge in [-0.25, -0.2) is 9.59 Å². The van der Waals surface area contributed by atoms with Crippen LogP contribution in [0.25, 0.3) is 10.9 Å². The van der Waals surface area contributed by atoms with Gasteiger partial charge in [-0.1, -0.05) is 82.6 Å². The van der Waals surface area contributed by atoms with E-state index in [1.807, 2.05) is 18.2 Å². The van der Waals surface area contributed by atoms with Crippen molar-refractivity contribution in [1.29, 1.82) is 0 Å². The highest BCUT2D eigenvalue weighted by Crippen LogP contribution is 2.29. The molecule has 3 aromatic rings. The molecule has 0 amide bonds. The Morgan fingerprint density at radius 3 is 2.10 bits per heavy atom. The van der Waals surface area contributed by atoms with Crippen molar-refractivity contribution in [1.82, 2.24) is 4.57 Å². The number of Topliss-reactive ketones (excluding diaryl/α,β-unsaturated/α-hetero) is 1. The van der Waals surface area contributed by atoms with Crippen LogP contribution in [0.3, 0.4) is 0 Å². The standard InChI is InChI=1S/C31H39NO7/c1-2-3-4-5-6-7-8-9-10-18-27(33)29-25-16-11-12-17-26(25)32(30(29)31(36)37)19-20-38-23-14-13-15-24(21-23)39-22-28(34)35/h11-17,21H,2-10,18-20,22H2,1H3,(H,34,35)(H,36,37). The van der Waals surface area contributed by atoms with Crippen LogP contribution in [0.5, 0.6) is 11.5 Å². The number of ether oxygens (including phenoxy) is 2. The van der Waals surface area contributed by atoms with Gasteiger partial charge in [0, 0.05) is 23.4 Å². The number of hydrogen-bond acceptors (Lipinski definition) is 5. The number of rotatable bonds is 19. The van der Waals surface area contributed by atoms with Gasteiger partial charge >= 0.3 is 11.9 Å². The molecule has 2 N–H and O–H groups in total. The van der Waals surface area contributed by atoms with Crippen molar-refractivity contribution >= 4 is 28.6 Å². The number of carbonyl (C=O) groups is 3. The van der Waals surface area contributed by atoms with Gasteiger partial charge in [-0.2, -0.15) is 0 Å². The van der Waals surface area contributed by atoms with Crippen LogP contribution in [0, 0.1) is 0 Å². The van der Waals surface area contributed by atoms with Gasteiger partial charge in [-0.05, 0) is 24.6 Å². The van der Waals surface area contributed by atoms with Gasteiger partial charge in [0.05, 0.1) is 12.1 Å². The number of hydrogen-bond donors (Lipinski definition) is 2. The molecule has 1 aromatic heterocycles. The zero-order valence-corrected chi connectivity index (χ0v) is 22.7. The molecule has 0 aliphatic rings. The zero-order chi connectivity index (χ0) is 28.0. The molecule has 0 aliphatic heterocycles. The normalized spacial score (nSPS) is 11.0. The van der Waals surface area contributed by atoms with E-state index in [1.54, 1.807) is 34.9 Å². The lowest BCUT2D eigenvalue weighted by Crippen LogP contribution is -2.16. The molecular weight excluding hydrogens is 498 g/mol. The SMILES string of the molecule is CCCCCCCCCCCC(=O)c1c(C(=O)O)n(CCOc2cccc(OCC(=O)O)c2)c2ccccc12. The van der Waals surface area contributed by atoms with Crippen LogP contribution in [0.1, 0.15) is 92.0 Å². The van der Waals surface area contributed by atoms with E-state index in [0.717, 1.165) is 19.3 Å². The highest BCUT2D eigenvalue weighted by molar-refractivity contribution is 6.15. The highest BCUT2D eigenvalue weighted by atomic mass is 16.5. The molecule has 8 heteroatoms. The fraction of sp³-hybridized carbons (Fsp3) is 0.452. The maximum Gasteiger partial charge on any atom is 0.353 e. The summed E-state index contributed by atoms with van der Waals surface area (Å²) in [5, 5.41) is 19.5. The minimum atomic E-state index is -1.15. The molecule has 39 heavy (non-hydrogen) atoms. The molecule has 3 rings (SSSR count). The van der Waals surface area contributed by atoms with Crippen molar-refractivity contribution in [2.24, 2.45) is 0 Å². The number of carboxylic acids is 2. The Morgan fingerprint density at radius 1 is 0.795 bits per heavy atom. The number of ketones is 1. The molecule has 8 nitrogen and oxygen atoms in total. The second-order valence-corrected chi connectivity index (χ2v) is 9.70. The lowest BCUT2D eigenvalue weighted by Gasteiger charge is -2.12. The molecule has 0 spiro atoms. The quantitative estimate of drug-likeness (QED) is 0.125. The number of fused-ring (bicyclic) bond motifs is 1. The van der Waals surface area contributed by atoms with E-state index in [4.69, 9.17) is 14.6 Å². The summed E-state index contributed by atoms with van der Waals surface area (Å²) >= 11 is 0. The van der Waals surface area contributed by atoms with Crippen LogP contribution in [-0.4, -0.2) is 45.7 Å². The summed E-state index contributed by atoms with van der Waals surface area (Å²) in [7, 11) is 0. The Bertz CT molecular complexity index is 1250. The van der Waals surface area contributed by atoms with Crippen LogP contribution in [0.2, 0.25) is 0 Å². The number of para-hydroxylation sites is 1. The van der Waals surface area contributed by atoms with Crippen LogP contribution < -0.4 is 9.47 Å². The number of benzene rings is 2. The van der Waals surface area contributed by atoms with E-state index in [-0.39, 0.29) is 30.2 Å². The number of nitrogens with zero attached hydrogens (tertiary/aromatic N) is 1. The molecule has 0 atom stereocenters. The lowest BCUT2D eigenvalue weighted by molar-refractivity contribution is -0.139. The van der Waals surface area contributed by atoms with E-state index in [9.17, 15) is 19.5 Å². The number of carboxylic acid groups (broad SMARTS) is 2. The van der Waals surface area contributed by atoms with E-state index in [2.05, 4.69) is 6.92 Å². The largest absolute Gasteiger partial charge is 0.492 e. The van der Waals surface area contributed by atoms with Crippen LogP contribution >= 0.6 is 0 Å². The number of carbonyl (C=O) groups excluding carboxylic acids is 1. The van der Waals surface area contributed by atoms with E-state index in [0.29, 0.717) is 28.8 Å². The Hall–Kier alpha value is -3.81. The van der Waals surface area contributed by atoms with Gasteiger partial charge in [-0.15, -0.1) is 0 Å². The molecule has 0 fully saturated rings. The average molecular weight is 538 g/mol. The number of unbranched alkanes of at least 4 members (excludes halogenated alkanes) is 8. The van der Waals surface area contributed by atoms with Crippen molar-refractivity contribution in [3.63, 3.8) is 0 Å². The topological polar surface area (TPSA) is 115 Å². The monoisotopic (exact) mass is 537 g/mol. The summed E-state index contributed by atoms with van der Waals surface area (Å²) in [6, 6.07) is 13.8. The average Bonchev–Trinajstić information content (AvgIpc) is 3.26. The smallest absolute Gasteiger partial charge is 0.353 e. The summed E-state index contributed by atoms with van der Waals surface area (Å²) < 4.78 is 12.6. The molecule has 0 unspecified atom stereocenters. The molecule has 0 bridgehead atoms. The first-order chi connectivity index (χ1) is 18.9. The Morgan fingerprint density at radius 2 is 1.44 bits per heavy atom. The summed E-state index contributed by atoms with van der Waals surface area (Å²) in [5.74, 6) is -1.55. The minimum absolute atomic E-state index is 0.0146. The molecule has 2 aromatic carbocycles. The van der Waals surface area contributed by atoms with Crippen molar-refractivity contribution < 1.29 is 34.1 Å². The first-order valence-electron chi connectivity index (χ1n) is 13.9. The van der Waals surface area contributed by atoms with Crippen molar-refractivity contribution in [3.8, 4) is 11.5 Å².